The van der Waals surface area contributed by atoms with Gasteiger partial charge in [-0.15, -0.1) is 0 Å². The Kier molecular flexibility index (Phi) is 2.80. The van der Waals surface area contributed by atoms with Gasteiger partial charge in [-0.2, -0.15) is 0 Å². The first-order valence-corrected chi connectivity index (χ1v) is 4.01. The van der Waals surface area contributed by atoms with Crippen LogP contribution in [-0.4, -0.2) is 12.2 Å². The zero-order valence-electron chi connectivity index (χ0n) is 7.36. The smallest absolute Gasteiger partial charge is 0.249 e. The minimum absolute atomic E-state index is 0.288. The second-order valence-corrected chi connectivity index (χ2v) is 2.88. The van der Waals surface area contributed by atoms with Gasteiger partial charge in [-0.3, -0.25) is 4.79 Å². The molecule has 0 saturated carbocycles. The van der Waals surface area contributed by atoms with Crippen LogP contribution < -0.4 is 5.73 Å². The maximum absolute atomic E-state index is 10.9. The second kappa shape index (κ2) is 3.85. The van der Waals surface area contributed by atoms with Crippen molar-refractivity contribution < 1.29 is 9.59 Å². The normalized spacial score (nSPS) is 12.1. The maximum atomic E-state index is 10.9. The monoisotopic (exact) mass is 177 g/mol. The molecule has 0 bridgehead atoms. The summed E-state index contributed by atoms with van der Waals surface area (Å²) in [4.78, 5) is 21.5. The lowest BCUT2D eigenvalue weighted by molar-refractivity contribution is -0.108. The Labute approximate surface area is 76.6 Å². The van der Waals surface area contributed by atoms with Crippen LogP contribution in [0.15, 0.2) is 24.3 Å². The highest BCUT2D eigenvalue weighted by Crippen LogP contribution is 2.17. The average molecular weight is 177 g/mol. The van der Waals surface area contributed by atoms with E-state index in [4.69, 9.17) is 5.73 Å². The Morgan fingerprint density at radius 1 is 1.46 bits per heavy atom. The summed E-state index contributed by atoms with van der Waals surface area (Å²) in [5, 5.41) is 0. The molecule has 13 heavy (non-hydrogen) atoms. The Morgan fingerprint density at radius 3 is 2.62 bits per heavy atom. The van der Waals surface area contributed by atoms with Crippen molar-refractivity contribution in [3.05, 3.63) is 35.4 Å². The van der Waals surface area contributed by atoms with Crippen molar-refractivity contribution in [3.8, 4) is 0 Å². The van der Waals surface area contributed by atoms with Gasteiger partial charge in [0.25, 0.3) is 0 Å². The molecular formula is C10H11NO2. The van der Waals surface area contributed by atoms with Crippen molar-refractivity contribution in [1.82, 2.24) is 0 Å². The van der Waals surface area contributed by atoms with Crippen molar-refractivity contribution in [2.45, 2.75) is 12.8 Å². The summed E-state index contributed by atoms with van der Waals surface area (Å²) >= 11 is 0. The number of nitrogens with two attached hydrogens (primary N) is 1. The van der Waals surface area contributed by atoms with E-state index in [2.05, 4.69) is 0 Å². The summed E-state index contributed by atoms with van der Waals surface area (Å²) in [5.41, 5.74) is 6.26. The zero-order valence-corrected chi connectivity index (χ0v) is 7.36. The number of hydrogen-bond acceptors (Lipinski definition) is 2. The van der Waals surface area contributed by atoms with Crippen molar-refractivity contribution in [2.75, 3.05) is 0 Å². The number of carbonyl (C=O) groups excluding carboxylic acids is 2. The van der Waals surface area contributed by atoms with Crippen LogP contribution in [0.1, 0.15) is 28.8 Å². The van der Waals surface area contributed by atoms with Crippen LogP contribution in [0, 0.1) is 0 Å². The Bertz CT molecular complexity index is 333. The minimum atomic E-state index is -0.496. The number of carbonyl (C=O) groups is 2. The molecule has 1 atom stereocenters. The van der Waals surface area contributed by atoms with E-state index in [1.54, 1.807) is 31.2 Å². The predicted octanol–water partition coefficient (Wildman–Crippen LogP) is 1.09. The lowest BCUT2D eigenvalue weighted by Crippen LogP contribution is -2.15. The van der Waals surface area contributed by atoms with Crippen LogP contribution >= 0.6 is 0 Å². The highest BCUT2D eigenvalue weighted by molar-refractivity contribution is 5.95. The summed E-state index contributed by atoms with van der Waals surface area (Å²) in [5.74, 6) is -0.784. The average Bonchev–Trinajstić information content (AvgIpc) is 2.16. The molecule has 0 radical (unpaired) electrons. The molecule has 1 aromatic carbocycles. The molecule has 0 heterocycles. The van der Waals surface area contributed by atoms with E-state index < -0.39 is 5.91 Å². The number of rotatable bonds is 3. The lowest BCUT2D eigenvalue weighted by atomic mass is 9.97. The highest BCUT2D eigenvalue weighted by Gasteiger charge is 2.11. The van der Waals surface area contributed by atoms with Gasteiger partial charge in [0.05, 0.1) is 0 Å². The fourth-order valence-corrected chi connectivity index (χ4v) is 1.19. The quantitative estimate of drug-likeness (QED) is 0.702. The fourth-order valence-electron chi connectivity index (χ4n) is 1.19. The molecule has 0 aromatic heterocycles. The van der Waals surface area contributed by atoms with Gasteiger partial charge in [-0.25, -0.2) is 0 Å². The number of amides is 1. The van der Waals surface area contributed by atoms with Crippen LogP contribution in [0.4, 0.5) is 0 Å². The van der Waals surface area contributed by atoms with E-state index in [9.17, 15) is 9.59 Å². The standard InChI is InChI=1S/C10H11NO2/c1-7(6-12)8-4-2-3-5-9(8)10(11)13/h2-7H,1H3,(H2,11,13). The van der Waals surface area contributed by atoms with E-state index in [-0.39, 0.29) is 5.92 Å². The Morgan fingerprint density at radius 2 is 2.08 bits per heavy atom. The first kappa shape index (κ1) is 9.45. The van der Waals surface area contributed by atoms with Crippen LogP contribution in [-0.2, 0) is 4.79 Å². The van der Waals surface area contributed by atoms with Crippen molar-refractivity contribution in [1.29, 1.82) is 0 Å². The molecule has 0 saturated heterocycles. The molecule has 1 aromatic rings. The molecular weight excluding hydrogens is 166 g/mol. The molecule has 1 rings (SSSR count). The molecule has 0 aliphatic heterocycles. The van der Waals surface area contributed by atoms with Gasteiger partial charge in [-0.05, 0) is 11.6 Å². The predicted molar refractivity (Wildman–Crippen MR) is 49.4 cm³/mol. The number of primary amides is 1. The Balaban J connectivity index is 3.19. The van der Waals surface area contributed by atoms with Gasteiger partial charge < -0.3 is 10.5 Å². The summed E-state index contributed by atoms with van der Waals surface area (Å²) in [6.45, 7) is 1.73. The number of aldehydes is 1. The van der Waals surface area contributed by atoms with Gasteiger partial charge in [0, 0.05) is 11.5 Å². The molecule has 3 heteroatoms. The molecule has 2 N–H and O–H groups in total. The van der Waals surface area contributed by atoms with E-state index in [0.717, 1.165) is 6.29 Å². The molecule has 0 aliphatic rings. The Hall–Kier alpha value is -1.64. The molecule has 1 unspecified atom stereocenters. The summed E-state index contributed by atoms with van der Waals surface area (Å²) in [7, 11) is 0. The van der Waals surface area contributed by atoms with Crippen molar-refractivity contribution in [2.24, 2.45) is 5.73 Å². The van der Waals surface area contributed by atoms with Gasteiger partial charge in [0.2, 0.25) is 5.91 Å². The summed E-state index contributed by atoms with van der Waals surface area (Å²) < 4.78 is 0. The topological polar surface area (TPSA) is 60.2 Å². The number of hydrogen-bond donors (Lipinski definition) is 1. The van der Waals surface area contributed by atoms with Gasteiger partial charge in [0.15, 0.2) is 0 Å². The van der Waals surface area contributed by atoms with Gasteiger partial charge >= 0.3 is 0 Å². The molecule has 0 fully saturated rings. The first-order chi connectivity index (χ1) is 6.16. The van der Waals surface area contributed by atoms with Gasteiger partial charge in [-0.1, -0.05) is 25.1 Å². The van der Waals surface area contributed by atoms with Crippen molar-refractivity contribution >= 4 is 12.2 Å². The SMILES string of the molecule is CC(C=O)c1ccccc1C(N)=O. The molecule has 0 spiro atoms. The molecule has 3 nitrogen and oxygen atoms in total. The van der Waals surface area contributed by atoms with Crippen LogP contribution in [0.2, 0.25) is 0 Å². The lowest BCUT2D eigenvalue weighted by Gasteiger charge is -2.07. The molecule has 0 aliphatic carbocycles. The molecule has 1 amide bonds. The van der Waals surface area contributed by atoms with E-state index in [1.807, 2.05) is 0 Å². The van der Waals surface area contributed by atoms with Crippen LogP contribution in [0.3, 0.4) is 0 Å². The highest BCUT2D eigenvalue weighted by atomic mass is 16.1. The summed E-state index contributed by atoms with van der Waals surface area (Å²) in [6.07, 6.45) is 0.793. The molecule has 68 valence electrons. The number of benzene rings is 1. The third-order valence-corrected chi connectivity index (χ3v) is 1.92. The van der Waals surface area contributed by atoms with Gasteiger partial charge in [0.1, 0.15) is 6.29 Å². The van der Waals surface area contributed by atoms with Crippen LogP contribution in [0.25, 0.3) is 0 Å². The third-order valence-electron chi connectivity index (χ3n) is 1.92. The van der Waals surface area contributed by atoms with E-state index >= 15 is 0 Å². The van der Waals surface area contributed by atoms with E-state index in [1.165, 1.54) is 0 Å². The zero-order chi connectivity index (χ0) is 9.84. The third kappa shape index (κ3) is 1.93. The fraction of sp³-hybridized carbons (Fsp3) is 0.200. The summed E-state index contributed by atoms with van der Waals surface area (Å²) in [6, 6.07) is 6.86. The minimum Gasteiger partial charge on any atom is -0.366 e. The first-order valence-electron chi connectivity index (χ1n) is 4.01. The van der Waals surface area contributed by atoms with E-state index in [0.29, 0.717) is 11.1 Å². The second-order valence-electron chi connectivity index (χ2n) is 2.88. The van der Waals surface area contributed by atoms with Crippen molar-refractivity contribution in [3.63, 3.8) is 0 Å². The largest absolute Gasteiger partial charge is 0.366 e. The van der Waals surface area contributed by atoms with Crippen LogP contribution in [0.5, 0.6) is 0 Å². The maximum Gasteiger partial charge on any atom is 0.249 e.